The molecule has 0 aliphatic heterocycles. The summed E-state index contributed by atoms with van der Waals surface area (Å²) in [5, 5.41) is 26.4. The molecule has 4 rings (SSSR count). The fourth-order valence-corrected chi connectivity index (χ4v) is 4.38. The third kappa shape index (κ3) is 7.43. The predicted molar refractivity (Wildman–Crippen MR) is 151 cm³/mol. The standard InChI is InChI=1S/C29H32ClFN4O6/c1-16-3-4-18(27(38)33-23(13-36)14-37)11-24(16)35-17(2)9-25(26(30)28(35)39)41-15-19-5-6-21(31)10-20(19)12-32-29(40)34-22-7-8-22/h3-6,9-11,22-23,36-37H,7-8,12-15H2,1-2H3,(H,33,38)(H2,32,34,40). The van der Waals surface area contributed by atoms with Gasteiger partial charge in [0, 0.05) is 29.9 Å². The van der Waals surface area contributed by atoms with Gasteiger partial charge in [-0.1, -0.05) is 23.7 Å². The van der Waals surface area contributed by atoms with E-state index in [0.29, 0.717) is 28.1 Å². The largest absolute Gasteiger partial charge is 0.487 e. The molecule has 1 heterocycles. The molecule has 12 heteroatoms. The van der Waals surface area contributed by atoms with Crippen molar-refractivity contribution in [3.8, 4) is 11.4 Å². The first-order valence-corrected chi connectivity index (χ1v) is 13.5. The fourth-order valence-electron chi connectivity index (χ4n) is 4.19. The van der Waals surface area contributed by atoms with Crippen LogP contribution >= 0.6 is 11.6 Å². The fraction of sp³-hybridized carbons (Fsp3) is 0.345. The number of amides is 3. The van der Waals surface area contributed by atoms with E-state index in [-0.39, 0.29) is 41.6 Å². The lowest BCUT2D eigenvalue weighted by molar-refractivity contribution is 0.0879. The first kappa shape index (κ1) is 30.0. The van der Waals surface area contributed by atoms with Crippen LogP contribution in [-0.2, 0) is 13.2 Å². The highest BCUT2D eigenvalue weighted by atomic mass is 35.5. The smallest absolute Gasteiger partial charge is 0.315 e. The van der Waals surface area contributed by atoms with Crippen molar-refractivity contribution in [2.24, 2.45) is 0 Å². The van der Waals surface area contributed by atoms with Crippen molar-refractivity contribution in [3.63, 3.8) is 0 Å². The molecule has 0 radical (unpaired) electrons. The summed E-state index contributed by atoms with van der Waals surface area (Å²) in [6.45, 7) is 2.67. The summed E-state index contributed by atoms with van der Waals surface area (Å²) in [4.78, 5) is 38.1. The average Bonchev–Trinajstić information content (AvgIpc) is 3.77. The van der Waals surface area contributed by atoms with E-state index in [9.17, 15) is 29.0 Å². The van der Waals surface area contributed by atoms with E-state index in [4.69, 9.17) is 16.3 Å². The molecule has 0 atom stereocenters. The number of aryl methyl sites for hydroxylation is 2. The van der Waals surface area contributed by atoms with Crippen molar-refractivity contribution < 1.29 is 28.9 Å². The second kappa shape index (κ2) is 13.2. The Morgan fingerprint density at radius 1 is 1.10 bits per heavy atom. The molecule has 1 saturated carbocycles. The second-order valence-electron chi connectivity index (χ2n) is 9.94. The molecule has 41 heavy (non-hydrogen) atoms. The van der Waals surface area contributed by atoms with Crippen molar-refractivity contribution in [2.75, 3.05) is 13.2 Å². The minimum Gasteiger partial charge on any atom is -0.487 e. The number of pyridine rings is 1. The number of benzene rings is 2. The van der Waals surface area contributed by atoms with Gasteiger partial charge in [0.05, 0.1) is 24.9 Å². The Labute approximate surface area is 241 Å². The Hall–Kier alpha value is -3.93. The van der Waals surface area contributed by atoms with E-state index in [1.54, 1.807) is 38.1 Å². The summed E-state index contributed by atoms with van der Waals surface area (Å²) < 4.78 is 21.2. The molecular weight excluding hydrogens is 555 g/mol. The second-order valence-corrected chi connectivity index (χ2v) is 10.3. The van der Waals surface area contributed by atoms with Gasteiger partial charge in [0.2, 0.25) is 0 Å². The molecule has 0 spiro atoms. The van der Waals surface area contributed by atoms with Gasteiger partial charge < -0.3 is 30.9 Å². The molecule has 10 nitrogen and oxygen atoms in total. The zero-order chi connectivity index (χ0) is 29.7. The van der Waals surface area contributed by atoms with Crippen LogP contribution in [-0.4, -0.2) is 52.0 Å². The van der Waals surface area contributed by atoms with Gasteiger partial charge in [0.1, 0.15) is 23.2 Å². The van der Waals surface area contributed by atoms with Crippen molar-refractivity contribution in [1.29, 1.82) is 0 Å². The average molecular weight is 587 g/mol. The maximum Gasteiger partial charge on any atom is 0.315 e. The molecule has 0 unspecified atom stereocenters. The maximum atomic E-state index is 14.0. The summed E-state index contributed by atoms with van der Waals surface area (Å²) in [5.74, 6) is -0.856. The summed E-state index contributed by atoms with van der Waals surface area (Å²) in [6.07, 6.45) is 1.89. The monoisotopic (exact) mass is 586 g/mol. The number of aliphatic hydroxyl groups is 2. The number of ether oxygens (including phenoxy) is 1. The van der Waals surface area contributed by atoms with Gasteiger partial charge in [-0.2, -0.15) is 0 Å². The van der Waals surface area contributed by atoms with Gasteiger partial charge in [-0.3, -0.25) is 14.2 Å². The number of urea groups is 1. The number of halogens is 2. The zero-order valence-corrected chi connectivity index (χ0v) is 23.4. The van der Waals surface area contributed by atoms with Crippen LogP contribution in [0.2, 0.25) is 5.02 Å². The van der Waals surface area contributed by atoms with Crippen LogP contribution in [0.3, 0.4) is 0 Å². The minimum absolute atomic E-state index is 0.0320. The molecule has 1 aliphatic carbocycles. The lowest BCUT2D eigenvalue weighted by Crippen LogP contribution is -2.40. The van der Waals surface area contributed by atoms with E-state index in [1.807, 2.05) is 0 Å². The summed E-state index contributed by atoms with van der Waals surface area (Å²) in [5.41, 5.74) is 2.40. The lowest BCUT2D eigenvalue weighted by Gasteiger charge is -2.18. The lowest BCUT2D eigenvalue weighted by atomic mass is 10.1. The molecule has 3 amide bonds. The van der Waals surface area contributed by atoms with E-state index in [1.165, 1.54) is 22.8 Å². The predicted octanol–water partition coefficient (Wildman–Crippen LogP) is 2.87. The minimum atomic E-state index is -0.820. The number of carbonyl (C=O) groups excluding carboxylic acids is 2. The Morgan fingerprint density at radius 3 is 2.51 bits per heavy atom. The van der Waals surface area contributed by atoms with Crippen LogP contribution in [0.5, 0.6) is 5.75 Å². The van der Waals surface area contributed by atoms with E-state index in [2.05, 4.69) is 16.0 Å². The van der Waals surface area contributed by atoms with Crippen molar-refractivity contribution in [2.45, 2.75) is 51.9 Å². The first-order chi connectivity index (χ1) is 19.6. The van der Waals surface area contributed by atoms with Crippen LogP contribution in [0.4, 0.5) is 9.18 Å². The van der Waals surface area contributed by atoms with E-state index >= 15 is 0 Å². The first-order valence-electron chi connectivity index (χ1n) is 13.1. The van der Waals surface area contributed by atoms with Crippen molar-refractivity contribution in [3.05, 3.63) is 91.6 Å². The van der Waals surface area contributed by atoms with Crippen LogP contribution in [0.15, 0.2) is 47.3 Å². The van der Waals surface area contributed by atoms with Gasteiger partial charge in [0.25, 0.3) is 11.5 Å². The molecule has 1 aliphatic rings. The van der Waals surface area contributed by atoms with Gasteiger partial charge in [-0.25, -0.2) is 9.18 Å². The van der Waals surface area contributed by atoms with Gasteiger partial charge >= 0.3 is 6.03 Å². The molecule has 5 N–H and O–H groups in total. The molecule has 3 aromatic rings. The Morgan fingerprint density at radius 2 is 1.83 bits per heavy atom. The number of hydrogen-bond donors (Lipinski definition) is 5. The topological polar surface area (TPSA) is 142 Å². The number of aromatic nitrogens is 1. The normalized spacial score (nSPS) is 12.8. The highest BCUT2D eigenvalue weighted by molar-refractivity contribution is 6.31. The van der Waals surface area contributed by atoms with Gasteiger partial charge in [0.15, 0.2) is 0 Å². The number of rotatable bonds is 11. The quantitative estimate of drug-likeness (QED) is 0.234. The Balaban J connectivity index is 1.55. The van der Waals surface area contributed by atoms with Crippen LogP contribution in [0, 0.1) is 19.7 Å². The molecule has 2 aromatic carbocycles. The third-order valence-corrected chi connectivity index (χ3v) is 7.04. The van der Waals surface area contributed by atoms with Gasteiger partial charge in [-0.15, -0.1) is 0 Å². The third-order valence-electron chi connectivity index (χ3n) is 6.69. The van der Waals surface area contributed by atoms with Crippen LogP contribution in [0.1, 0.15) is 45.6 Å². The number of hydrogen-bond acceptors (Lipinski definition) is 6. The van der Waals surface area contributed by atoms with E-state index < -0.39 is 36.5 Å². The molecule has 218 valence electrons. The van der Waals surface area contributed by atoms with Crippen LogP contribution < -0.4 is 26.2 Å². The highest BCUT2D eigenvalue weighted by Crippen LogP contribution is 2.27. The number of nitrogens with zero attached hydrogens (tertiary/aromatic N) is 1. The van der Waals surface area contributed by atoms with Crippen molar-refractivity contribution >= 4 is 23.5 Å². The molecule has 0 bridgehead atoms. The Kier molecular flexibility index (Phi) is 9.64. The number of aliphatic hydroxyl groups excluding tert-OH is 2. The summed E-state index contributed by atoms with van der Waals surface area (Å²) in [7, 11) is 0. The Bertz CT molecular complexity index is 1500. The SMILES string of the molecule is Cc1ccc(C(=O)NC(CO)CO)cc1-n1c(C)cc(OCc2ccc(F)cc2CNC(=O)NC2CC2)c(Cl)c1=O. The van der Waals surface area contributed by atoms with Gasteiger partial charge in [-0.05, 0) is 67.6 Å². The summed E-state index contributed by atoms with van der Waals surface area (Å²) in [6, 6.07) is 9.55. The molecule has 1 aromatic heterocycles. The highest BCUT2D eigenvalue weighted by Gasteiger charge is 2.23. The number of nitrogens with one attached hydrogen (secondary N) is 3. The molecule has 1 fully saturated rings. The molecular formula is C29H32ClFN4O6. The van der Waals surface area contributed by atoms with Crippen LogP contribution in [0.25, 0.3) is 5.69 Å². The maximum absolute atomic E-state index is 14.0. The zero-order valence-electron chi connectivity index (χ0n) is 22.7. The number of carbonyl (C=O) groups is 2. The molecule has 0 saturated heterocycles. The van der Waals surface area contributed by atoms with Crippen molar-refractivity contribution in [1.82, 2.24) is 20.5 Å². The van der Waals surface area contributed by atoms with E-state index in [0.717, 1.165) is 12.8 Å². The summed E-state index contributed by atoms with van der Waals surface area (Å²) >= 11 is 6.45.